The molecule has 2 N–H and O–H groups in total. The minimum Gasteiger partial charge on any atom is -0.351 e. The van der Waals surface area contributed by atoms with E-state index >= 15 is 0 Å². The number of hydrogen-bond acceptors (Lipinski definition) is 5. The maximum Gasteiger partial charge on any atom is 0.230 e. The largest absolute Gasteiger partial charge is 0.351 e. The van der Waals surface area contributed by atoms with E-state index in [2.05, 4.69) is 20.5 Å². The number of rotatable bonds is 5. The molecule has 0 saturated heterocycles. The second-order valence-corrected chi connectivity index (χ2v) is 7.36. The van der Waals surface area contributed by atoms with Crippen LogP contribution in [-0.4, -0.2) is 32.4 Å². The van der Waals surface area contributed by atoms with Gasteiger partial charge in [0.25, 0.3) is 0 Å². The molecule has 0 spiro atoms. The topological polar surface area (TPSA) is 70.7 Å². The third-order valence-corrected chi connectivity index (χ3v) is 3.96. The minimum atomic E-state index is -0.217. The molecule has 21 heavy (non-hydrogen) atoms. The molecule has 1 amide bonds. The number of hydrogen-bond donors (Lipinski definition) is 2. The van der Waals surface area contributed by atoms with Crippen LogP contribution in [0.15, 0.2) is 22.7 Å². The van der Waals surface area contributed by atoms with Gasteiger partial charge in [-0.3, -0.25) is 9.89 Å². The van der Waals surface area contributed by atoms with Gasteiger partial charge < -0.3 is 5.32 Å². The zero-order valence-electron chi connectivity index (χ0n) is 12.2. The van der Waals surface area contributed by atoms with Gasteiger partial charge in [0.05, 0.1) is 5.75 Å². The van der Waals surface area contributed by atoms with E-state index in [4.69, 9.17) is 0 Å². The van der Waals surface area contributed by atoms with Crippen molar-refractivity contribution in [2.45, 2.75) is 31.5 Å². The Morgan fingerprint density at radius 1 is 1.48 bits per heavy atom. The third-order valence-electron chi connectivity index (χ3n) is 2.28. The van der Waals surface area contributed by atoms with Crippen molar-refractivity contribution in [3.05, 3.63) is 28.2 Å². The Hall–Kier alpha value is -1.60. The summed E-state index contributed by atoms with van der Waals surface area (Å²) < 4.78 is 0. The number of nitrogens with one attached hydrogen (secondary N) is 2. The molecule has 0 fully saturated rings. The number of amides is 1. The normalized spacial score (nSPS) is 12.0. The van der Waals surface area contributed by atoms with Crippen LogP contribution in [0.1, 0.15) is 31.5 Å². The molecule has 112 valence electrons. The highest BCUT2D eigenvalue weighted by Crippen LogP contribution is 2.15. The molecule has 0 aliphatic heterocycles. The van der Waals surface area contributed by atoms with Gasteiger partial charge in [-0.25, -0.2) is 4.98 Å². The maximum absolute atomic E-state index is 11.7. The van der Waals surface area contributed by atoms with Crippen molar-refractivity contribution in [2.75, 3.05) is 5.75 Å². The average Bonchev–Trinajstić information content (AvgIpc) is 3.03. The summed E-state index contributed by atoms with van der Waals surface area (Å²) in [5.41, 5.74) is -0.217. The number of thioether (sulfide) groups is 1. The molecule has 0 bridgehead atoms. The number of nitrogens with zero attached hydrogens (tertiary/aromatic N) is 2. The van der Waals surface area contributed by atoms with Crippen LogP contribution >= 0.6 is 23.1 Å². The first-order valence-electron chi connectivity index (χ1n) is 6.50. The van der Waals surface area contributed by atoms with Gasteiger partial charge in [0.2, 0.25) is 11.1 Å². The molecule has 2 rings (SSSR count). The van der Waals surface area contributed by atoms with Crippen LogP contribution in [0.25, 0.3) is 12.2 Å². The van der Waals surface area contributed by atoms with E-state index < -0.39 is 0 Å². The molecule has 0 atom stereocenters. The summed E-state index contributed by atoms with van der Waals surface area (Å²) in [4.78, 5) is 17.2. The van der Waals surface area contributed by atoms with Crippen LogP contribution in [-0.2, 0) is 4.79 Å². The molecule has 0 unspecified atom stereocenters. The lowest BCUT2D eigenvalue weighted by molar-refractivity contribution is -0.119. The van der Waals surface area contributed by atoms with Crippen LogP contribution < -0.4 is 5.32 Å². The molecule has 0 aliphatic carbocycles. The van der Waals surface area contributed by atoms with Gasteiger partial charge in [-0.1, -0.05) is 17.8 Å². The summed E-state index contributed by atoms with van der Waals surface area (Å²) in [6, 6.07) is 4.03. The predicted octanol–water partition coefficient (Wildman–Crippen LogP) is 3.04. The van der Waals surface area contributed by atoms with Crippen LogP contribution in [0.3, 0.4) is 0 Å². The van der Waals surface area contributed by atoms with Crippen molar-refractivity contribution in [2.24, 2.45) is 0 Å². The van der Waals surface area contributed by atoms with Gasteiger partial charge in [0.15, 0.2) is 0 Å². The molecule has 0 saturated carbocycles. The lowest BCUT2D eigenvalue weighted by Gasteiger charge is -2.19. The maximum atomic E-state index is 11.7. The first-order chi connectivity index (χ1) is 9.92. The summed E-state index contributed by atoms with van der Waals surface area (Å²) in [5, 5.41) is 12.4. The van der Waals surface area contributed by atoms with Gasteiger partial charge in [-0.2, -0.15) is 0 Å². The lowest BCUT2D eigenvalue weighted by atomic mass is 10.1. The highest BCUT2D eigenvalue weighted by atomic mass is 32.2. The zero-order valence-corrected chi connectivity index (χ0v) is 13.8. The first kappa shape index (κ1) is 15.8. The van der Waals surface area contributed by atoms with Crippen molar-refractivity contribution in [3.63, 3.8) is 0 Å². The number of H-pyrrole nitrogens is 1. The van der Waals surface area contributed by atoms with E-state index in [9.17, 15) is 4.79 Å². The summed E-state index contributed by atoms with van der Waals surface area (Å²) in [6.07, 6.45) is 3.85. The fraction of sp³-hybridized carbons (Fsp3) is 0.357. The van der Waals surface area contributed by atoms with Crippen molar-refractivity contribution in [3.8, 4) is 0 Å². The summed E-state index contributed by atoms with van der Waals surface area (Å²) in [7, 11) is 0. The molecular weight excluding hydrogens is 304 g/mol. The Morgan fingerprint density at radius 3 is 2.95 bits per heavy atom. The van der Waals surface area contributed by atoms with Gasteiger partial charge in [0.1, 0.15) is 5.82 Å². The van der Waals surface area contributed by atoms with Crippen molar-refractivity contribution in [1.82, 2.24) is 20.5 Å². The van der Waals surface area contributed by atoms with E-state index in [0.29, 0.717) is 16.7 Å². The molecule has 7 heteroatoms. The number of carbonyl (C=O) groups is 1. The second-order valence-electron chi connectivity index (χ2n) is 5.44. The predicted molar refractivity (Wildman–Crippen MR) is 88.2 cm³/mol. The summed E-state index contributed by atoms with van der Waals surface area (Å²) in [6.45, 7) is 5.86. The van der Waals surface area contributed by atoms with Gasteiger partial charge in [-0.05, 0) is 44.4 Å². The van der Waals surface area contributed by atoms with Gasteiger partial charge in [-0.15, -0.1) is 16.4 Å². The van der Waals surface area contributed by atoms with E-state index in [1.165, 1.54) is 11.8 Å². The van der Waals surface area contributed by atoms with Crippen molar-refractivity contribution in [1.29, 1.82) is 0 Å². The van der Waals surface area contributed by atoms with E-state index in [0.717, 1.165) is 4.88 Å². The monoisotopic (exact) mass is 322 g/mol. The highest BCUT2D eigenvalue weighted by Gasteiger charge is 2.14. The van der Waals surface area contributed by atoms with Crippen LogP contribution in [0.2, 0.25) is 0 Å². The Bertz CT molecular complexity index is 611. The fourth-order valence-corrected chi connectivity index (χ4v) is 2.75. The highest BCUT2D eigenvalue weighted by molar-refractivity contribution is 7.99. The Balaban J connectivity index is 1.84. The van der Waals surface area contributed by atoms with Gasteiger partial charge in [0, 0.05) is 10.4 Å². The summed E-state index contributed by atoms with van der Waals surface area (Å²) in [5.74, 6) is 0.971. The first-order valence-corrected chi connectivity index (χ1v) is 8.37. The Morgan fingerprint density at radius 2 is 2.29 bits per heavy atom. The molecule has 2 aromatic heterocycles. The SMILES string of the molecule is CC(C)(C)NC(=O)CSc1n[nH]c(/C=C/c2cccs2)n1. The smallest absolute Gasteiger partial charge is 0.230 e. The van der Waals surface area contributed by atoms with Crippen LogP contribution in [0.4, 0.5) is 0 Å². The van der Waals surface area contributed by atoms with Crippen molar-refractivity contribution < 1.29 is 4.79 Å². The lowest BCUT2D eigenvalue weighted by Crippen LogP contribution is -2.41. The number of carbonyl (C=O) groups excluding carboxylic acids is 1. The standard InChI is InChI=1S/C14H18N4OS2/c1-14(2,3)16-12(19)9-21-13-15-11(17-18-13)7-6-10-5-4-8-20-10/h4-8H,9H2,1-3H3,(H,16,19)(H,15,17,18)/b7-6+. The fourth-order valence-electron chi connectivity index (χ4n) is 1.53. The number of thiophene rings is 1. The van der Waals surface area contributed by atoms with Crippen LogP contribution in [0, 0.1) is 0 Å². The van der Waals surface area contributed by atoms with E-state index in [1.807, 2.05) is 50.4 Å². The second kappa shape index (κ2) is 6.91. The van der Waals surface area contributed by atoms with Gasteiger partial charge >= 0.3 is 0 Å². The molecule has 2 heterocycles. The minimum absolute atomic E-state index is 0.0204. The molecule has 5 nitrogen and oxygen atoms in total. The Kier molecular flexibility index (Phi) is 5.19. The number of aromatic amines is 1. The van der Waals surface area contributed by atoms with Crippen LogP contribution in [0.5, 0.6) is 0 Å². The molecule has 0 aromatic carbocycles. The molecule has 0 radical (unpaired) electrons. The quantitative estimate of drug-likeness (QED) is 0.830. The number of aromatic nitrogens is 3. The van der Waals surface area contributed by atoms with Crippen molar-refractivity contribution >= 4 is 41.2 Å². The van der Waals surface area contributed by atoms with E-state index in [1.54, 1.807) is 11.3 Å². The molecule has 2 aromatic rings. The third kappa shape index (κ3) is 5.73. The Labute approximate surface area is 132 Å². The summed E-state index contributed by atoms with van der Waals surface area (Å²) >= 11 is 2.98. The van der Waals surface area contributed by atoms with E-state index in [-0.39, 0.29) is 11.4 Å². The molecule has 0 aliphatic rings. The zero-order chi connectivity index (χ0) is 15.3. The average molecular weight is 322 g/mol. The molecular formula is C14H18N4OS2.